The first-order chi connectivity index (χ1) is 9.41. The van der Waals surface area contributed by atoms with E-state index in [0.717, 1.165) is 25.7 Å². The highest BCUT2D eigenvalue weighted by molar-refractivity contribution is 5.18. The Morgan fingerprint density at radius 2 is 0.950 bits per heavy atom. The van der Waals surface area contributed by atoms with E-state index >= 15 is 0 Å². The van der Waals surface area contributed by atoms with Crippen molar-refractivity contribution in [2.75, 3.05) is 0 Å². The fourth-order valence-corrected chi connectivity index (χ4v) is 1.78. The van der Waals surface area contributed by atoms with E-state index in [1.165, 1.54) is 22.3 Å². The third-order valence-corrected chi connectivity index (χ3v) is 3.06. The molecule has 0 N–H and O–H groups in total. The van der Waals surface area contributed by atoms with Gasteiger partial charge >= 0.3 is 0 Å². The normalized spacial score (nSPS) is 12.7. The lowest BCUT2D eigenvalue weighted by Crippen LogP contribution is -1.77. The second-order valence-corrected chi connectivity index (χ2v) is 6.05. The van der Waals surface area contributed by atoms with E-state index < -0.39 is 0 Å². The Labute approximate surface area is 126 Å². The summed E-state index contributed by atoms with van der Waals surface area (Å²) in [5.41, 5.74) is 5.69. The summed E-state index contributed by atoms with van der Waals surface area (Å²) in [7, 11) is 0. The SMILES string of the molecule is CC(C)=CCC\C(C)=C/C=C\C=C(\C)CCC=C(C)C. The maximum atomic E-state index is 2.30. The lowest BCUT2D eigenvalue weighted by Gasteiger charge is -1.97. The first-order valence-electron chi connectivity index (χ1n) is 7.68. The smallest absolute Gasteiger partial charge is 0.0285 e. The largest absolute Gasteiger partial charge is 0.0856 e. The van der Waals surface area contributed by atoms with Crippen molar-refractivity contribution < 1.29 is 0 Å². The quantitative estimate of drug-likeness (QED) is 0.332. The van der Waals surface area contributed by atoms with E-state index in [1.54, 1.807) is 0 Å². The summed E-state index contributed by atoms with van der Waals surface area (Å²) in [6.07, 6.45) is 18.0. The van der Waals surface area contributed by atoms with Gasteiger partial charge in [0.05, 0.1) is 0 Å². The number of rotatable bonds is 8. The summed E-state index contributed by atoms with van der Waals surface area (Å²) in [5, 5.41) is 0. The molecular weight excluding hydrogens is 240 g/mol. The zero-order valence-electron chi connectivity index (χ0n) is 14.3. The van der Waals surface area contributed by atoms with E-state index in [4.69, 9.17) is 0 Å². The zero-order chi connectivity index (χ0) is 15.4. The zero-order valence-corrected chi connectivity index (χ0v) is 14.3. The van der Waals surface area contributed by atoms with Crippen LogP contribution in [0.5, 0.6) is 0 Å². The van der Waals surface area contributed by atoms with Crippen LogP contribution in [-0.2, 0) is 0 Å². The van der Waals surface area contributed by atoms with Gasteiger partial charge in [0.2, 0.25) is 0 Å². The molecule has 0 aliphatic heterocycles. The van der Waals surface area contributed by atoms with Gasteiger partial charge in [-0.15, -0.1) is 0 Å². The van der Waals surface area contributed by atoms with Crippen LogP contribution in [0.1, 0.15) is 67.2 Å². The molecule has 0 heteroatoms. The number of hydrogen-bond acceptors (Lipinski definition) is 0. The first kappa shape index (κ1) is 18.7. The van der Waals surface area contributed by atoms with Gasteiger partial charge in [-0.2, -0.15) is 0 Å². The Morgan fingerprint density at radius 3 is 1.25 bits per heavy atom. The van der Waals surface area contributed by atoms with Crippen molar-refractivity contribution in [1.82, 2.24) is 0 Å². The molecule has 0 aliphatic rings. The van der Waals surface area contributed by atoms with Crippen LogP contribution in [-0.4, -0.2) is 0 Å². The molecule has 0 aliphatic carbocycles. The highest BCUT2D eigenvalue weighted by Crippen LogP contribution is 2.08. The van der Waals surface area contributed by atoms with Crippen molar-refractivity contribution in [3.63, 3.8) is 0 Å². The fourth-order valence-electron chi connectivity index (χ4n) is 1.78. The van der Waals surface area contributed by atoms with Crippen molar-refractivity contribution >= 4 is 0 Å². The van der Waals surface area contributed by atoms with Crippen LogP contribution < -0.4 is 0 Å². The van der Waals surface area contributed by atoms with Crippen molar-refractivity contribution in [2.24, 2.45) is 0 Å². The van der Waals surface area contributed by atoms with Gasteiger partial charge in [0.15, 0.2) is 0 Å². The van der Waals surface area contributed by atoms with Crippen molar-refractivity contribution in [3.8, 4) is 0 Å². The Hall–Kier alpha value is -1.30. The maximum Gasteiger partial charge on any atom is -0.0285 e. The van der Waals surface area contributed by atoms with Gasteiger partial charge in [0.1, 0.15) is 0 Å². The van der Waals surface area contributed by atoms with Crippen molar-refractivity contribution in [3.05, 3.63) is 58.7 Å². The molecule has 0 unspecified atom stereocenters. The first-order valence-corrected chi connectivity index (χ1v) is 7.68. The van der Waals surface area contributed by atoms with Gasteiger partial charge in [0.25, 0.3) is 0 Å². The average molecular weight is 272 g/mol. The molecule has 0 amide bonds. The van der Waals surface area contributed by atoms with Crippen LogP contribution in [0.2, 0.25) is 0 Å². The second kappa shape index (κ2) is 11.5. The minimum atomic E-state index is 1.15. The van der Waals surface area contributed by atoms with Crippen LogP contribution in [0.15, 0.2) is 58.7 Å². The molecule has 0 fully saturated rings. The summed E-state index contributed by atoms with van der Waals surface area (Å²) >= 11 is 0. The molecule has 0 saturated carbocycles. The molecule has 112 valence electrons. The minimum Gasteiger partial charge on any atom is -0.0856 e. The summed E-state index contributed by atoms with van der Waals surface area (Å²) in [5.74, 6) is 0. The molecule has 0 aromatic carbocycles. The summed E-state index contributed by atoms with van der Waals surface area (Å²) in [4.78, 5) is 0. The molecule has 0 nitrogen and oxygen atoms in total. The van der Waals surface area contributed by atoms with Crippen LogP contribution in [0, 0.1) is 0 Å². The van der Waals surface area contributed by atoms with Gasteiger partial charge in [0, 0.05) is 0 Å². The Morgan fingerprint density at radius 1 is 0.600 bits per heavy atom. The Bertz CT molecular complexity index is 363. The van der Waals surface area contributed by atoms with E-state index in [9.17, 15) is 0 Å². The van der Waals surface area contributed by atoms with Gasteiger partial charge in [-0.05, 0) is 67.2 Å². The molecular formula is C20H32. The Balaban J connectivity index is 4.09. The third-order valence-electron chi connectivity index (χ3n) is 3.06. The topological polar surface area (TPSA) is 0 Å². The molecule has 0 bridgehead atoms. The van der Waals surface area contributed by atoms with Gasteiger partial charge in [-0.3, -0.25) is 0 Å². The van der Waals surface area contributed by atoms with Crippen molar-refractivity contribution in [1.29, 1.82) is 0 Å². The second-order valence-electron chi connectivity index (χ2n) is 6.05. The van der Waals surface area contributed by atoms with Crippen LogP contribution in [0.3, 0.4) is 0 Å². The molecule has 0 aromatic heterocycles. The summed E-state index contributed by atoms with van der Waals surface area (Å²) < 4.78 is 0. The van der Waals surface area contributed by atoms with Gasteiger partial charge < -0.3 is 0 Å². The van der Waals surface area contributed by atoms with Crippen LogP contribution >= 0.6 is 0 Å². The van der Waals surface area contributed by atoms with E-state index in [2.05, 4.69) is 78.0 Å². The highest BCUT2D eigenvalue weighted by Gasteiger charge is 1.88. The molecule has 20 heavy (non-hydrogen) atoms. The molecule has 0 atom stereocenters. The van der Waals surface area contributed by atoms with Gasteiger partial charge in [-0.1, -0.05) is 58.7 Å². The highest BCUT2D eigenvalue weighted by atomic mass is 13.9. The molecule has 0 rings (SSSR count). The van der Waals surface area contributed by atoms with Crippen LogP contribution in [0.25, 0.3) is 0 Å². The van der Waals surface area contributed by atoms with E-state index in [1.807, 2.05) is 0 Å². The predicted octanol–water partition coefficient (Wildman–Crippen LogP) is 6.93. The lowest BCUT2D eigenvalue weighted by atomic mass is 10.1. The molecule has 0 aromatic rings. The van der Waals surface area contributed by atoms with Crippen molar-refractivity contribution in [2.45, 2.75) is 67.2 Å². The summed E-state index contributed by atoms with van der Waals surface area (Å²) in [6.45, 7) is 13.0. The standard InChI is InChI=1S/C20H32/c1-17(2)11-9-15-19(5)13-7-8-14-20(6)16-10-12-18(3)4/h7-8,11-14H,9-10,15-16H2,1-6H3/b8-7-,19-13-,20-14-. The number of hydrogen-bond donors (Lipinski definition) is 0. The summed E-state index contributed by atoms with van der Waals surface area (Å²) in [6, 6.07) is 0. The molecule has 0 saturated heterocycles. The molecule has 0 heterocycles. The van der Waals surface area contributed by atoms with Gasteiger partial charge in [-0.25, -0.2) is 0 Å². The fraction of sp³-hybridized carbons (Fsp3) is 0.500. The molecule has 0 radical (unpaired) electrons. The minimum absolute atomic E-state index is 1.15. The number of allylic oxidation sites excluding steroid dienone is 10. The van der Waals surface area contributed by atoms with E-state index in [-0.39, 0.29) is 0 Å². The van der Waals surface area contributed by atoms with E-state index in [0.29, 0.717) is 0 Å². The maximum absolute atomic E-state index is 2.30. The average Bonchev–Trinajstić information content (AvgIpc) is 2.33. The monoisotopic (exact) mass is 272 g/mol. The Kier molecular flexibility index (Phi) is 10.8. The molecule has 0 spiro atoms. The lowest BCUT2D eigenvalue weighted by molar-refractivity contribution is 0.965. The van der Waals surface area contributed by atoms with Crippen LogP contribution in [0.4, 0.5) is 0 Å². The third kappa shape index (κ3) is 13.1. The predicted molar refractivity (Wildman–Crippen MR) is 94.0 cm³/mol.